The summed E-state index contributed by atoms with van der Waals surface area (Å²) in [6.45, 7) is 1.74. The summed E-state index contributed by atoms with van der Waals surface area (Å²) >= 11 is 0. The van der Waals surface area contributed by atoms with Gasteiger partial charge in [-0.15, -0.1) is 0 Å². The van der Waals surface area contributed by atoms with Crippen molar-refractivity contribution in [2.45, 2.75) is 12.5 Å². The van der Waals surface area contributed by atoms with E-state index in [0.29, 0.717) is 0 Å². The highest BCUT2D eigenvalue weighted by Crippen LogP contribution is 2.24. The molecule has 1 atom stereocenters. The summed E-state index contributed by atoms with van der Waals surface area (Å²) in [5.74, 6) is 0. The summed E-state index contributed by atoms with van der Waals surface area (Å²) in [5, 5.41) is 3.34. The first-order chi connectivity index (χ1) is 13.3. The largest absolute Gasteiger partial charge is 0.335 e. The number of nitrogens with zero attached hydrogens (tertiary/aromatic N) is 3. The molecule has 2 aromatic heterocycles. The number of fused-ring (bicyclic) bond motifs is 1. The zero-order chi connectivity index (χ0) is 18.2. The highest BCUT2D eigenvalue weighted by Gasteiger charge is 2.24. The number of aromatic nitrogens is 3. The average molecular weight is 356 g/mol. The molecule has 3 heterocycles. The lowest BCUT2D eigenvalue weighted by Gasteiger charge is -2.09. The topological polar surface area (TPSA) is 51.9 Å². The van der Waals surface area contributed by atoms with E-state index in [1.54, 1.807) is 10.8 Å². The molecule has 0 aliphatic carbocycles. The van der Waals surface area contributed by atoms with Gasteiger partial charge in [-0.25, -0.2) is 9.78 Å². The standard InChI is InChI=1S/C22H20N4O/c27-22-25(18-10-8-17(9-11-18)16-5-2-1-3-6-16)20-7-4-13-24-21(20)26(22)19-12-14-23-15-19/h1-11,13,19,23H,12,14-15H2/t19-/m0/s1. The molecule has 134 valence electrons. The number of benzene rings is 2. The lowest BCUT2D eigenvalue weighted by Crippen LogP contribution is -2.28. The maximum Gasteiger partial charge on any atom is 0.335 e. The van der Waals surface area contributed by atoms with Gasteiger partial charge in [0.1, 0.15) is 0 Å². The van der Waals surface area contributed by atoms with E-state index >= 15 is 0 Å². The van der Waals surface area contributed by atoms with E-state index in [2.05, 4.69) is 34.6 Å². The molecule has 0 spiro atoms. The smallest absolute Gasteiger partial charge is 0.315 e. The number of hydrogen-bond acceptors (Lipinski definition) is 3. The van der Waals surface area contributed by atoms with Crippen molar-refractivity contribution in [1.82, 2.24) is 19.4 Å². The third kappa shape index (κ3) is 2.67. The Bertz CT molecular complexity index is 1140. The van der Waals surface area contributed by atoms with Crippen molar-refractivity contribution in [3.63, 3.8) is 0 Å². The minimum atomic E-state index is -0.0233. The second-order valence-electron chi connectivity index (χ2n) is 6.89. The van der Waals surface area contributed by atoms with E-state index in [1.807, 2.05) is 47.0 Å². The lowest BCUT2D eigenvalue weighted by molar-refractivity contribution is 0.537. The van der Waals surface area contributed by atoms with Gasteiger partial charge in [0, 0.05) is 12.7 Å². The van der Waals surface area contributed by atoms with Crippen molar-refractivity contribution in [2.75, 3.05) is 13.1 Å². The summed E-state index contributed by atoms with van der Waals surface area (Å²) in [5.41, 5.74) is 4.74. The van der Waals surface area contributed by atoms with Crippen molar-refractivity contribution < 1.29 is 0 Å². The molecule has 5 nitrogen and oxygen atoms in total. The Morgan fingerprint density at radius 1 is 0.926 bits per heavy atom. The molecule has 4 aromatic rings. The van der Waals surface area contributed by atoms with Crippen molar-refractivity contribution in [2.24, 2.45) is 0 Å². The molecule has 1 aliphatic heterocycles. The average Bonchev–Trinajstić information content (AvgIpc) is 3.34. The molecule has 1 aliphatic rings. The molecular formula is C22H20N4O. The Morgan fingerprint density at radius 3 is 2.44 bits per heavy atom. The van der Waals surface area contributed by atoms with Crippen LogP contribution in [0.15, 0.2) is 77.7 Å². The van der Waals surface area contributed by atoms with Crippen molar-refractivity contribution in [1.29, 1.82) is 0 Å². The number of pyridine rings is 1. The molecular weight excluding hydrogens is 336 g/mol. The quantitative estimate of drug-likeness (QED) is 0.612. The molecule has 1 fully saturated rings. The molecule has 1 saturated heterocycles. The minimum Gasteiger partial charge on any atom is -0.315 e. The Labute approximate surface area is 156 Å². The fraction of sp³-hybridized carbons (Fsp3) is 0.182. The van der Waals surface area contributed by atoms with Crippen LogP contribution in [0.2, 0.25) is 0 Å². The Kier molecular flexibility index (Phi) is 3.87. The predicted octanol–water partition coefficient (Wildman–Crippen LogP) is 3.39. The van der Waals surface area contributed by atoms with Crippen LogP contribution in [-0.2, 0) is 0 Å². The fourth-order valence-corrected chi connectivity index (χ4v) is 3.92. The van der Waals surface area contributed by atoms with Gasteiger partial charge in [0.05, 0.1) is 17.2 Å². The van der Waals surface area contributed by atoms with Crippen LogP contribution in [0, 0.1) is 0 Å². The molecule has 5 heteroatoms. The second kappa shape index (κ2) is 6.52. The highest BCUT2D eigenvalue weighted by molar-refractivity contribution is 5.75. The van der Waals surface area contributed by atoms with E-state index in [0.717, 1.165) is 47.5 Å². The van der Waals surface area contributed by atoms with Gasteiger partial charge in [-0.05, 0) is 48.4 Å². The van der Waals surface area contributed by atoms with Crippen LogP contribution in [0.3, 0.4) is 0 Å². The molecule has 27 heavy (non-hydrogen) atoms. The zero-order valence-electron chi connectivity index (χ0n) is 14.9. The number of hydrogen-bond donors (Lipinski definition) is 1. The van der Waals surface area contributed by atoms with Crippen LogP contribution in [0.1, 0.15) is 12.5 Å². The van der Waals surface area contributed by atoms with Gasteiger partial charge >= 0.3 is 5.69 Å². The van der Waals surface area contributed by atoms with E-state index in [4.69, 9.17) is 0 Å². The monoisotopic (exact) mass is 356 g/mol. The molecule has 0 saturated carbocycles. The highest BCUT2D eigenvalue weighted by atomic mass is 16.1. The van der Waals surface area contributed by atoms with E-state index in [-0.39, 0.29) is 11.7 Å². The third-order valence-electron chi connectivity index (χ3n) is 5.26. The van der Waals surface area contributed by atoms with Gasteiger partial charge in [0.25, 0.3) is 0 Å². The first-order valence-corrected chi connectivity index (χ1v) is 9.27. The normalized spacial score (nSPS) is 16.8. The molecule has 1 N–H and O–H groups in total. The SMILES string of the molecule is O=c1n(-c2ccc(-c3ccccc3)cc2)c2cccnc2n1[C@H]1CCNC1. The van der Waals surface area contributed by atoms with E-state index in [1.165, 1.54) is 0 Å². The van der Waals surface area contributed by atoms with Gasteiger partial charge < -0.3 is 5.32 Å². The van der Waals surface area contributed by atoms with Gasteiger partial charge in [-0.1, -0.05) is 42.5 Å². The molecule has 2 aromatic carbocycles. The summed E-state index contributed by atoms with van der Waals surface area (Å²) in [6.07, 6.45) is 2.70. The first kappa shape index (κ1) is 16.0. The minimum absolute atomic E-state index is 0.0233. The van der Waals surface area contributed by atoms with Crippen molar-refractivity contribution in [3.8, 4) is 16.8 Å². The molecule has 0 radical (unpaired) electrons. The Morgan fingerprint density at radius 2 is 1.70 bits per heavy atom. The lowest BCUT2D eigenvalue weighted by atomic mass is 10.1. The molecule has 5 rings (SSSR count). The Hall–Kier alpha value is -3.18. The third-order valence-corrected chi connectivity index (χ3v) is 5.26. The molecule has 0 bridgehead atoms. The van der Waals surface area contributed by atoms with Gasteiger partial charge in [-0.3, -0.25) is 9.13 Å². The maximum absolute atomic E-state index is 13.3. The number of rotatable bonds is 3. The number of nitrogens with one attached hydrogen (secondary N) is 1. The van der Waals surface area contributed by atoms with Crippen LogP contribution in [0.25, 0.3) is 28.0 Å². The van der Waals surface area contributed by atoms with Gasteiger partial charge in [0.15, 0.2) is 5.65 Å². The van der Waals surface area contributed by atoms with Crippen LogP contribution in [0.5, 0.6) is 0 Å². The van der Waals surface area contributed by atoms with Crippen LogP contribution >= 0.6 is 0 Å². The Balaban J connectivity index is 1.65. The summed E-state index contributed by atoms with van der Waals surface area (Å²) in [7, 11) is 0. The van der Waals surface area contributed by atoms with E-state index < -0.39 is 0 Å². The summed E-state index contributed by atoms with van der Waals surface area (Å²) < 4.78 is 3.62. The molecule has 0 unspecified atom stereocenters. The number of imidazole rings is 1. The van der Waals surface area contributed by atoms with Crippen LogP contribution in [-0.4, -0.2) is 27.2 Å². The van der Waals surface area contributed by atoms with Crippen LogP contribution < -0.4 is 11.0 Å². The maximum atomic E-state index is 13.3. The summed E-state index contributed by atoms with van der Waals surface area (Å²) in [6, 6.07) is 22.4. The van der Waals surface area contributed by atoms with Crippen molar-refractivity contribution >= 4 is 11.2 Å². The van der Waals surface area contributed by atoms with Gasteiger partial charge in [-0.2, -0.15) is 0 Å². The van der Waals surface area contributed by atoms with Crippen LogP contribution in [0.4, 0.5) is 0 Å². The van der Waals surface area contributed by atoms with Gasteiger partial charge in [0.2, 0.25) is 0 Å². The fourth-order valence-electron chi connectivity index (χ4n) is 3.92. The predicted molar refractivity (Wildman–Crippen MR) is 107 cm³/mol. The van der Waals surface area contributed by atoms with Crippen molar-refractivity contribution in [3.05, 3.63) is 83.4 Å². The second-order valence-corrected chi connectivity index (χ2v) is 6.89. The zero-order valence-corrected chi connectivity index (χ0v) is 14.9. The first-order valence-electron chi connectivity index (χ1n) is 9.27. The summed E-state index contributed by atoms with van der Waals surface area (Å²) in [4.78, 5) is 17.8. The van der Waals surface area contributed by atoms with E-state index in [9.17, 15) is 4.79 Å². The molecule has 0 amide bonds.